The third-order valence-electron chi connectivity index (χ3n) is 3.54. The normalized spacial score (nSPS) is 15.7. The van der Waals surface area contributed by atoms with Crippen molar-refractivity contribution >= 4 is 34.7 Å². The summed E-state index contributed by atoms with van der Waals surface area (Å²) < 4.78 is 17.1. The second kappa shape index (κ2) is 8.26. The van der Waals surface area contributed by atoms with Crippen molar-refractivity contribution < 1.29 is 24.1 Å². The number of hydrogen-bond acceptors (Lipinski definition) is 6. The maximum absolute atomic E-state index is 12.2. The smallest absolute Gasteiger partial charge is 0.284 e. The van der Waals surface area contributed by atoms with Crippen molar-refractivity contribution in [2.75, 3.05) is 13.2 Å². The highest BCUT2D eigenvalue weighted by atomic mass is 127. The Hall–Kier alpha value is -2.49. The molecule has 0 unspecified atom stereocenters. The molecule has 0 fully saturated rings. The van der Waals surface area contributed by atoms with Gasteiger partial charge in [0.05, 0.1) is 16.4 Å². The summed E-state index contributed by atoms with van der Waals surface area (Å²) in [6.45, 7) is 2.38. The lowest BCUT2D eigenvalue weighted by Gasteiger charge is -2.24. The summed E-state index contributed by atoms with van der Waals surface area (Å²) in [6.07, 6.45) is 0.695. The monoisotopic (exact) mass is 468 g/mol. The van der Waals surface area contributed by atoms with Gasteiger partial charge in [-0.2, -0.15) is 5.10 Å². The van der Waals surface area contributed by atoms with E-state index in [9.17, 15) is 9.90 Å². The van der Waals surface area contributed by atoms with E-state index in [-0.39, 0.29) is 12.4 Å². The molecule has 0 aromatic heterocycles. The minimum atomic E-state index is -0.777. The van der Waals surface area contributed by atoms with Gasteiger partial charge in [-0.25, -0.2) is 5.43 Å². The lowest BCUT2D eigenvalue weighted by molar-refractivity contribution is -0.130. The number of fused-ring (bicyclic) bond motifs is 1. The zero-order valence-corrected chi connectivity index (χ0v) is 16.1. The number of para-hydroxylation sites is 2. The fourth-order valence-corrected chi connectivity index (χ4v) is 2.95. The Balaban J connectivity index is 1.63. The van der Waals surface area contributed by atoms with Crippen molar-refractivity contribution in [2.45, 2.75) is 13.0 Å². The molecule has 7 nitrogen and oxygen atoms in total. The van der Waals surface area contributed by atoms with Gasteiger partial charge in [-0.3, -0.25) is 4.79 Å². The zero-order valence-electron chi connectivity index (χ0n) is 13.9. The lowest BCUT2D eigenvalue weighted by atomic mass is 10.2. The average Bonchev–Trinajstić information content (AvgIpc) is 2.65. The van der Waals surface area contributed by atoms with Gasteiger partial charge in [0, 0.05) is 0 Å². The summed E-state index contributed by atoms with van der Waals surface area (Å²) in [5, 5.41) is 13.9. The fraction of sp³-hybridized carbons (Fsp3) is 0.222. The summed E-state index contributed by atoms with van der Waals surface area (Å²) in [4.78, 5) is 12.2. The highest BCUT2D eigenvalue weighted by Gasteiger charge is 2.26. The number of phenols is 1. The Bertz CT molecular complexity index is 840. The molecule has 2 aromatic rings. The van der Waals surface area contributed by atoms with E-state index >= 15 is 0 Å². The summed E-state index contributed by atoms with van der Waals surface area (Å²) in [7, 11) is 0. The fourth-order valence-electron chi connectivity index (χ4n) is 2.33. The van der Waals surface area contributed by atoms with Gasteiger partial charge in [0.1, 0.15) is 6.61 Å². The molecule has 1 heterocycles. The summed E-state index contributed by atoms with van der Waals surface area (Å²) in [5.41, 5.74) is 3.12. The number of carbonyl (C=O) groups is 1. The molecule has 0 bridgehead atoms. The first-order valence-electron chi connectivity index (χ1n) is 7.95. The van der Waals surface area contributed by atoms with Gasteiger partial charge in [-0.05, 0) is 59.3 Å². The Morgan fingerprint density at radius 1 is 1.42 bits per heavy atom. The van der Waals surface area contributed by atoms with Crippen molar-refractivity contribution in [3.8, 4) is 23.0 Å². The summed E-state index contributed by atoms with van der Waals surface area (Å²) >= 11 is 2.00. The number of hydrogen-bond donors (Lipinski definition) is 2. The van der Waals surface area contributed by atoms with Crippen molar-refractivity contribution in [1.82, 2.24) is 5.43 Å². The van der Waals surface area contributed by atoms with Gasteiger partial charge in [-0.15, -0.1) is 0 Å². The second-order valence-electron chi connectivity index (χ2n) is 5.38. The van der Waals surface area contributed by atoms with Crippen LogP contribution in [0.5, 0.6) is 23.0 Å². The van der Waals surface area contributed by atoms with Crippen LogP contribution in [-0.4, -0.2) is 36.5 Å². The molecule has 1 aliphatic rings. The Morgan fingerprint density at radius 3 is 2.96 bits per heavy atom. The van der Waals surface area contributed by atoms with E-state index in [1.807, 2.05) is 41.6 Å². The first kappa shape index (κ1) is 18.3. The van der Waals surface area contributed by atoms with E-state index < -0.39 is 12.0 Å². The maximum atomic E-state index is 12.2. The van der Waals surface area contributed by atoms with Crippen LogP contribution in [0, 0.1) is 3.57 Å². The molecule has 2 N–H and O–H groups in total. The summed E-state index contributed by atoms with van der Waals surface area (Å²) in [6, 6.07) is 10.5. The Labute approximate surface area is 164 Å². The van der Waals surface area contributed by atoms with Crippen molar-refractivity contribution in [1.29, 1.82) is 0 Å². The van der Waals surface area contributed by atoms with Gasteiger partial charge in [0.25, 0.3) is 5.91 Å². The number of nitrogens with one attached hydrogen (secondary N) is 1. The molecule has 2 aromatic carbocycles. The van der Waals surface area contributed by atoms with Crippen LogP contribution in [0.15, 0.2) is 41.5 Å². The van der Waals surface area contributed by atoms with Gasteiger partial charge in [0.15, 0.2) is 23.0 Å². The first-order valence-corrected chi connectivity index (χ1v) is 9.03. The van der Waals surface area contributed by atoms with E-state index in [4.69, 9.17) is 14.2 Å². The number of ether oxygens (including phenoxy) is 3. The number of hydrazone groups is 1. The van der Waals surface area contributed by atoms with Crippen LogP contribution < -0.4 is 19.6 Å². The van der Waals surface area contributed by atoms with Crippen LogP contribution in [0.2, 0.25) is 0 Å². The Kier molecular flexibility index (Phi) is 5.82. The molecule has 0 saturated heterocycles. The molecule has 0 spiro atoms. The molecule has 8 heteroatoms. The van der Waals surface area contributed by atoms with E-state index in [1.54, 1.807) is 24.3 Å². The number of halogens is 1. The highest BCUT2D eigenvalue weighted by Crippen LogP contribution is 2.32. The van der Waals surface area contributed by atoms with Crippen LogP contribution in [-0.2, 0) is 4.79 Å². The number of phenolic OH excluding ortho intramolecular Hbond substituents is 1. The summed E-state index contributed by atoms with van der Waals surface area (Å²) in [5.74, 6) is 1.18. The van der Waals surface area contributed by atoms with Crippen molar-refractivity contribution in [3.05, 3.63) is 45.5 Å². The molecule has 1 amide bonds. The molecule has 1 aliphatic heterocycles. The van der Waals surface area contributed by atoms with Gasteiger partial charge in [0.2, 0.25) is 6.10 Å². The van der Waals surface area contributed by atoms with Crippen LogP contribution in [0.4, 0.5) is 0 Å². The van der Waals surface area contributed by atoms with Crippen LogP contribution >= 0.6 is 22.6 Å². The number of amides is 1. The van der Waals surface area contributed by atoms with Crippen LogP contribution in [0.25, 0.3) is 0 Å². The van der Waals surface area contributed by atoms with E-state index in [0.29, 0.717) is 33.0 Å². The topological polar surface area (TPSA) is 89.4 Å². The maximum Gasteiger partial charge on any atom is 0.284 e. The number of benzene rings is 2. The highest BCUT2D eigenvalue weighted by molar-refractivity contribution is 14.1. The number of rotatable bonds is 5. The molecule has 3 rings (SSSR count). The molecule has 1 atom stereocenters. The molecular weight excluding hydrogens is 451 g/mol. The van der Waals surface area contributed by atoms with Gasteiger partial charge < -0.3 is 19.3 Å². The third-order valence-corrected chi connectivity index (χ3v) is 4.36. The van der Waals surface area contributed by atoms with E-state index in [2.05, 4.69) is 10.5 Å². The number of carbonyl (C=O) groups excluding carboxylic acids is 1. The van der Waals surface area contributed by atoms with E-state index in [1.165, 1.54) is 6.21 Å². The lowest BCUT2D eigenvalue weighted by Crippen LogP contribution is -2.42. The SMILES string of the molecule is CCOc1cc(/C=N/NC(=O)[C@@H]2COc3ccccc3O2)cc(I)c1O. The van der Waals surface area contributed by atoms with Crippen molar-refractivity contribution in [2.24, 2.45) is 5.10 Å². The minimum absolute atomic E-state index is 0.0834. The van der Waals surface area contributed by atoms with Crippen LogP contribution in [0.3, 0.4) is 0 Å². The molecule has 136 valence electrons. The average molecular weight is 468 g/mol. The first-order chi connectivity index (χ1) is 12.6. The van der Waals surface area contributed by atoms with E-state index in [0.717, 1.165) is 0 Å². The molecule has 0 aliphatic carbocycles. The van der Waals surface area contributed by atoms with Gasteiger partial charge >= 0.3 is 0 Å². The quantitative estimate of drug-likeness (QED) is 0.400. The molecule has 0 radical (unpaired) electrons. The number of nitrogens with zero attached hydrogens (tertiary/aromatic N) is 1. The Morgan fingerprint density at radius 2 is 2.19 bits per heavy atom. The largest absolute Gasteiger partial charge is 0.504 e. The molecule has 0 saturated carbocycles. The number of aromatic hydroxyl groups is 1. The van der Waals surface area contributed by atoms with Crippen LogP contribution in [0.1, 0.15) is 12.5 Å². The molecule has 26 heavy (non-hydrogen) atoms. The standard InChI is InChI=1S/C18H17IN2O5/c1-2-24-15-8-11(7-12(19)17(15)22)9-20-21-18(23)16-10-25-13-5-3-4-6-14(13)26-16/h3-9,16,22H,2,10H2,1H3,(H,21,23)/b20-9+/t16-/m0/s1. The third kappa shape index (κ3) is 4.18. The second-order valence-corrected chi connectivity index (χ2v) is 6.54. The zero-order chi connectivity index (χ0) is 18.5. The molecular formula is C18H17IN2O5. The minimum Gasteiger partial charge on any atom is -0.504 e. The predicted octanol–water partition coefficient (Wildman–Crippen LogP) is 2.69. The predicted molar refractivity (Wildman–Crippen MR) is 104 cm³/mol. The van der Waals surface area contributed by atoms with Crippen molar-refractivity contribution in [3.63, 3.8) is 0 Å². The van der Waals surface area contributed by atoms with Gasteiger partial charge in [-0.1, -0.05) is 12.1 Å².